The van der Waals surface area contributed by atoms with Crippen molar-refractivity contribution in [3.63, 3.8) is 0 Å². The maximum absolute atomic E-state index is 5.76. The molecule has 2 rings (SSSR count). The zero-order chi connectivity index (χ0) is 21.1. The Morgan fingerprint density at radius 1 is 1.13 bits per heavy atom. The van der Waals surface area contributed by atoms with Crippen LogP contribution in [-0.2, 0) is 22.6 Å². The van der Waals surface area contributed by atoms with E-state index in [1.54, 1.807) is 21.3 Å². The van der Waals surface area contributed by atoms with Gasteiger partial charge in [0.1, 0.15) is 5.75 Å². The van der Waals surface area contributed by atoms with E-state index in [4.69, 9.17) is 14.2 Å². The Bertz CT molecular complexity index is 795. The van der Waals surface area contributed by atoms with Crippen LogP contribution < -0.4 is 15.4 Å². The Morgan fingerprint density at radius 2 is 1.90 bits per heavy atom. The molecule has 1 aromatic heterocycles. The molecule has 0 saturated carbocycles. The van der Waals surface area contributed by atoms with Crippen molar-refractivity contribution < 1.29 is 14.2 Å². The highest BCUT2D eigenvalue weighted by Crippen LogP contribution is 2.18. The van der Waals surface area contributed by atoms with E-state index in [0.29, 0.717) is 32.3 Å². The quantitative estimate of drug-likeness (QED) is 0.200. The smallest absolute Gasteiger partial charge is 0.195 e. The van der Waals surface area contributed by atoms with Crippen molar-refractivity contribution in [2.75, 3.05) is 46.4 Å². The normalized spacial score (nSPS) is 11.2. The third kappa shape index (κ3) is 8.11. The van der Waals surface area contributed by atoms with Crippen LogP contribution in [0.15, 0.2) is 29.3 Å². The number of halogens is 1. The number of rotatable bonds is 11. The molecular formula is C21H34IN5O3. The van der Waals surface area contributed by atoms with E-state index in [1.165, 1.54) is 5.56 Å². The van der Waals surface area contributed by atoms with Crippen molar-refractivity contribution in [1.29, 1.82) is 0 Å². The number of benzene rings is 1. The third-order valence-electron chi connectivity index (χ3n) is 4.55. The first-order valence-corrected chi connectivity index (χ1v) is 9.80. The molecule has 0 radical (unpaired) electrons. The molecule has 168 valence electrons. The summed E-state index contributed by atoms with van der Waals surface area (Å²) >= 11 is 0. The van der Waals surface area contributed by atoms with Gasteiger partial charge >= 0.3 is 0 Å². The van der Waals surface area contributed by atoms with Crippen molar-refractivity contribution >= 4 is 35.6 Å². The largest absolute Gasteiger partial charge is 0.493 e. The molecule has 9 heteroatoms. The molecular weight excluding hydrogens is 497 g/mol. The van der Waals surface area contributed by atoms with Crippen LogP contribution in [0.1, 0.15) is 23.4 Å². The number of ether oxygens (including phenoxy) is 3. The van der Waals surface area contributed by atoms with Gasteiger partial charge in [-0.3, -0.25) is 9.67 Å². The highest BCUT2D eigenvalue weighted by molar-refractivity contribution is 14.0. The lowest BCUT2D eigenvalue weighted by Crippen LogP contribution is -2.30. The Kier molecular flexibility index (Phi) is 12.4. The number of guanidine groups is 1. The lowest BCUT2D eigenvalue weighted by atomic mass is 10.2. The van der Waals surface area contributed by atoms with Crippen molar-refractivity contribution in [1.82, 2.24) is 15.1 Å². The van der Waals surface area contributed by atoms with Crippen LogP contribution in [-0.4, -0.2) is 56.8 Å². The predicted octanol–water partition coefficient (Wildman–Crippen LogP) is 3.37. The topological polar surface area (TPSA) is 81.9 Å². The minimum atomic E-state index is 0. The molecule has 0 spiro atoms. The second kappa shape index (κ2) is 14.2. The summed E-state index contributed by atoms with van der Waals surface area (Å²) in [5, 5.41) is 11.3. The first-order chi connectivity index (χ1) is 14.1. The van der Waals surface area contributed by atoms with Gasteiger partial charge in [-0.15, -0.1) is 24.0 Å². The molecule has 0 aliphatic heterocycles. The van der Waals surface area contributed by atoms with Crippen molar-refractivity contribution in [3.05, 3.63) is 41.2 Å². The van der Waals surface area contributed by atoms with Gasteiger partial charge in [0.05, 0.1) is 25.5 Å². The summed E-state index contributed by atoms with van der Waals surface area (Å²) in [7, 11) is 5.14. The van der Waals surface area contributed by atoms with Gasteiger partial charge in [-0.1, -0.05) is 6.07 Å². The zero-order valence-electron chi connectivity index (χ0n) is 18.5. The summed E-state index contributed by atoms with van der Waals surface area (Å²) in [4.78, 5) is 4.32. The van der Waals surface area contributed by atoms with Crippen molar-refractivity contribution in [2.24, 2.45) is 4.99 Å². The minimum absolute atomic E-state index is 0. The van der Waals surface area contributed by atoms with E-state index >= 15 is 0 Å². The van der Waals surface area contributed by atoms with Crippen LogP contribution in [0.5, 0.6) is 5.75 Å². The first kappa shape index (κ1) is 26.2. The monoisotopic (exact) mass is 531 g/mol. The van der Waals surface area contributed by atoms with Crippen LogP contribution in [0.2, 0.25) is 0 Å². The predicted molar refractivity (Wildman–Crippen MR) is 131 cm³/mol. The Labute approximate surface area is 196 Å². The second-order valence-electron chi connectivity index (χ2n) is 6.64. The van der Waals surface area contributed by atoms with E-state index in [9.17, 15) is 0 Å². The molecule has 0 saturated heterocycles. The summed E-state index contributed by atoms with van der Waals surface area (Å²) in [6.07, 6.45) is 0.855. The number of aliphatic imine (C=N–C) groups is 1. The third-order valence-corrected chi connectivity index (χ3v) is 4.55. The molecule has 2 N–H and O–H groups in total. The fourth-order valence-corrected chi connectivity index (χ4v) is 2.93. The fraction of sp³-hybridized carbons (Fsp3) is 0.524. The van der Waals surface area contributed by atoms with Crippen LogP contribution >= 0.6 is 24.0 Å². The zero-order valence-corrected chi connectivity index (χ0v) is 20.9. The Hall–Kier alpha value is -1.85. The lowest BCUT2D eigenvalue weighted by molar-refractivity contribution is 0.172. The molecule has 1 heterocycles. The summed E-state index contributed by atoms with van der Waals surface area (Å²) in [6.45, 7) is 7.43. The van der Waals surface area contributed by atoms with Gasteiger partial charge in [-0.2, -0.15) is 5.10 Å². The summed E-state index contributed by atoms with van der Waals surface area (Å²) in [6, 6.07) is 7.83. The van der Waals surface area contributed by atoms with E-state index in [2.05, 4.69) is 27.6 Å². The highest BCUT2D eigenvalue weighted by Gasteiger charge is 2.12. The van der Waals surface area contributed by atoms with E-state index in [0.717, 1.165) is 35.8 Å². The van der Waals surface area contributed by atoms with Gasteiger partial charge in [-0.05, 0) is 26.0 Å². The maximum atomic E-state index is 5.76. The fourth-order valence-electron chi connectivity index (χ4n) is 2.93. The molecule has 0 fully saturated rings. The van der Waals surface area contributed by atoms with Crippen LogP contribution in [0, 0.1) is 13.8 Å². The average Bonchev–Trinajstić information content (AvgIpc) is 3.00. The average molecular weight is 531 g/mol. The van der Waals surface area contributed by atoms with Crippen molar-refractivity contribution in [2.45, 2.75) is 33.4 Å². The molecule has 0 unspecified atom stereocenters. The van der Waals surface area contributed by atoms with Gasteiger partial charge in [0, 0.05) is 63.9 Å². The maximum Gasteiger partial charge on any atom is 0.195 e. The molecule has 0 bridgehead atoms. The molecule has 2 aromatic rings. The number of aryl methyl sites for hydroxylation is 1. The standard InChI is InChI=1S/C21H33N5O3.HI/c1-16-20(17(2)26(25-16)10-13-28-5)15-23-21(22-3)24-18-8-6-9-19(14-18)29-12-7-11-27-4;/h6,8-9,14H,7,10-13,15H2,1-5H3,(H2,22,23,24);1H. The number of hydrogen-bond donors (Lipinski definition) is 2. The molecule has 0 amide bonds. The van der Waals surface area contributed by atoms with Crippen LogP contribution in [0.4, 0.5) is 5.69 Å². The van der Waals surface area contributed by atoms with Gasteiger partial charge in [0.15, 0.2) is 5.96 Å². The number of nitrogens with zero attached hydrogens (tertiary/aromatic N) is 3. The number of aromatic nitrogens is 2. The summed E-state index contributed by atoms with van der Waals surface area (Å²) < 4.78 is 17.9. The number of nitrogens with one attached hydrogen (secondary N) is 2. The molecule has 0 aliphatic carbocycles. The molecule has 0 aliphatic rings. The Balaban J connectivity index is 0.00000450. The summed E-state index contributed by atoms with van der Waals surface area (Å²) in [5.41, 5.74) is 4.22. The second-order valence-corrected chi connectivity index (χ2v) is 6.64. The van der Waals surface area contributed by atoms with Gasteiger partial charge in [0.25, 0.3) is 0 Å². The van der Waals surface area contributed by atoms with Crippen LogP contribution in [0.25, 0.3) is 0 Å². The molecule has 8 nitrogen and oxygen atoms in total. The molecule has 30 heavy (non-hydrogen) atoms. The Morgan fingerprint density at radius 3 is 2.60 bits per heavy atom. The summed E-state index contributed by atoms with van der Waals surface area (Å²) in [5.74, 6) is 1.50. The van der Waals surface area contributed by atoms with Crippen molar-refractivity contribution in [3.8, 4) is 5.75 Å². The van der Waals surface area contributed by atoms with E-state index in [1.807, 2.05) is 35.9 Å². The highest BCUT2D eigenvalue weighted by atomic mass is 127. The minimum Gasteiger partial charge on any atom is -0.493 e. The number of methoxy groups -OCH3 is 2. The van der Waals surface area contributed by atoms with E-state index in [-0.39, 0.29) is 24.0 Å². The van der Waals surface area contributed by atoms with Gasteiger partial charge in [-0.25, -0.2) is 0 Å². The van der Waals surface area contributed by atoms with Gasteiger partial charge in [0.2, 0.25) is 0 Å². The molecule has 0 atom stereocenters. The van der Waals surface area contributed by atoms with E-state index < -0.39 is 0 Å². The first-order valence-electron chi connectivity index (χ1n) is 9.80. The van der Waals surface area contributed by atoms with Crippen LogP contribution in [0.3, 0.4) is 0 Å². The molecule has 1 aromatic carbocycles. The number of hydrogen-bond acceptors (Lipinski definition) is 5. The number of anilines is 1. The van der Waals surface area contributed by atoms with Gasteiger partial charge < -0.3 is 24.8 Å². The lowest BCUT2D eigenvalue weighted by Gasteiger charge is -2.13. The SMILES string of the molecule is CN=C(NCc1c(C)nn(CCOC)c1C)Nc1cccc(OCCCOC)c1.I.